The van der Waals surface area contributed by atoms with E-state index in [9.17, 15) is 4.79 Å². The summed E-state index contributed by atoms with van der Waals surface area (Å²) in [5.41, 5.74) is 0.880. The molecule has 0 spiro atoms. The van der Waals surface area contributed by atoms with Crippen molar-refractivity contribution in [2.75, 3.05) is 0 Å². The highest BCUT2D eigenvalue weighted by Crippen LogP contribution is 2.18. The fourth-order valence-corrected chi connectivity index (χ4v) is 1.14. The molecule has 10 heavy (non-hydrogen) atoms. The highest BCUT2D eigenvalue weighted by molar-refractivity contribution is 5.93. The Balaban J connectivity index is 2.56. The molecule has 0 aromatic rings. The summed E-state index contributed by atoms with van der Waals surface area (Å²) in [7, 11) is 0. The number of hydrogen-bond donors (Lipinski definition) is 1. The van der Waals surface area contributed by atoms with Crippen LogP contribution in [-0.2, 0) is 4.79 Å². The van der Waals surface area contributed by atoms with E-state index < -0.39 is 0 Å². The standard InChI is InChI=1S/C8H12O2/c1-6(9)7-2-4-8(10)5-3-7/h2,8,10H,3-5H2,1H3/t8-/m1/s1. The number of carbonyl (C=O) groups is 1. The number of carbonyl (C=O) groups excluding carboxylic acids is 1. The summed E-state index contributed by atoms with van der Waals surface area (Å²) in [4.78, 5) is 10.8. The zero-order chi connectivity index (χ0) is 7.56. The van der Waals surface area contributed by atoms with Gasteiger partial charge < -0.3 is 5.11 Å². The Morgan fingerprint density at radius 3 is 2.90 bits per heavy atom. The molecule has 0 saturated carbocycles. The lowest BCUT2D eigenvalue weighted by Crippen LogP contribution is -2.12. The first-order valence-corrected chi connectivity index (χ1v) is 3.58. The molecule has 1 aliphatic carbocycles. The SMILES string of the molecule is CC(=O)C1=CC[C@@H](O)CC1. The molecule has 2 heteroatoms. The third-order valence-corrected chi connectivity index (χ3v) is 1.84. The van der Waals surface area contributed by atoms with Gasteiger partial charge in [-0.3, -0.25) is 4.79 Å². The molecule has 0 amide bonds. The fourth-order valence-electron chi connectivity index (χ4n) is 1.14. The predicted octanol–water partition coefficient (Wildman–Crippen LogP) is 1.05. The van der Waals surface area contributed by atoms with Gasteiger partial charge in [0.1, 0.15) is 0 Å². The summed E-state index contributed by atoms with van der Waals surface area (Å²) in [6.07, 6.45) is 3.76. The van der Waals surface area contributed by atoms with Crippen molar-refractivity contribution in [3.63, 3.8) is 0 Å². The number of allylic oxidation sites excluding steroid dienone is 1. The topological polar surface area (TPSA) is 37.3 Å². The number of Topliss-reactive ketones (excluding diaryl/α,β-unsaturated/α-hetero) is 1. The van der Waals surface area contributed by atoms with Gasteiger partial charge in [0.15, 0.2) is 5.78 Å². The molecular weight excluding hydrogens is 128 g/mol. The van der Waals surface area contributed by atoms with Crippen LogP contribution in [0.1, 0.15) is 26.2 Å². The summed E-state index contributed by atoms with van der Waals surface area (Å²) >= 11 is 0. The maximum absolute atomic E-state index is 10.8. The second kappa shape index (κ2) is 2.97. The fraction of sp³-hybridized carbons (Fsp3) is 0.625. The highest BCUT2D eigenvalue weighted by Gasteiger charge is 2.13. The van der Waals surface area contributed by atoms with Crippen LogP contribution in [0.25, 0.3) is 0 Å². The number of ketones is 1. The second-order valence-electron chi connectivity index (χ2n) is 2.71. The van der Waals surface area contributed by atoms with Gasteiger partial charge in [0.2, 0.25) is 0 Å². The Kier molecular flexibility index (Phi) is 2.22. The van der Waals surface area contributed by atoms with Crippen LogP contribution in [0.4, 0.5) is 0 Å². The van der Waals surface area contributed by atoms with Crippen LogP contribution in [0.2, 0.25) is 0 Å². The van der Waals surface area contributed by atoms with E-state index in [1.165, 1.54) is 0 Å². The lowest BCUT2D eigenvalue weighted by molar-refractivity contribution is -0.113. The Morgan fingerprint density at radius 2 is 2.50 bits per heavy atom. The molecule has 1 atom stereocenters. The molecule has 0 fully saturated rings. The number of hydrogen-bond acceptors (Lipinski definition) is 2. The molecule has 0 heterocycles. The molecule has 1 N–H and O–H groups in total. The van der Waals surface area contributed by atoms with Crippen LogP contribution >= 0.6 is 0 Å². The third-order valence-electron chi connectivity index (χ3n) is 1.84. The van der Waals surface area contributed by atoms with Gasteiger partial charge in [-0.05, 0) is 31.8 Å². The van der Waals surface area contributed by atoms with Crippen LogP contribution in [0.15, 0.2) is 11.6 Å². The smallest absolute Gasteiger partial charge is 0.155 e. The lowest BCUT2D eigenvalue weighted by Gasteiger charge is -2.14. The third kappa shape index (κ3) is 1.67. The largest absolute Gasteiger partial charge is 0.393 e. The molecule has 0 unspecified atom stereocenters. The summed E-state index contributed by atoms with van der Waals surface area (Å²) in [6.45, 7) is 1.57. The van der Waals surface area contributed by atoms with Crippen LogP contribution in [-0.4, -0.2) is 17.0 Å². The molecule has 2 nitrogen and oxygen atoms in total. The van der Waals surface area contributed by atoms with E-state index in [2.05, 4.69) is 0 Å². The Bertz CT molecular complexity index is 170. The van der Waals surface area contributed by atoms with Crippen molar-refractivity contribution in [3.05, 3.63) is 11.6 Å². The number of aliphatic hydroxyl groups is 1. The van der Waals surface area contributed by atoms with Crippen LogP contribution in [0.3, 0.4) is 0 Å². The predicted molar refractivity (Wildman–Crippen MR) is 38.6 cm³/mol. The quantitative estimate of drug-likeness (QED) is 0.591. The second-order valence-corrected chi connectivity index (χ2v) is 2.71. The van der Waals surface area contributed by atoms with E-state index in [0.717, 1.165) is 18.4 Å². The van der Waals surface area contributed by atoms with Gasteiger partial charge in [-0.15, -0.1) is 0 Å². The summed E-state index contributed by atoms with van der Waals surface area (Å²) in [5.74, 6) is 0.145. The molecule has 0 saturated heterocycles. The van der Waals surface area contributed by atoms with Gasteiger partial charge >= 0.3 is 0 Å². The van der Waals surface area contributed by atoms with Crippen molar-refractivity contribution in [2.45, 2.75) is 32.3 Å². The molecule has 1 rings (SSSR count). The van der Waals surface area contributed by atoms with E-state index in [4.69, 9.17) is 5.11 Å². The molecule has 0 bridgehead atoms. The van der Waals surface area contributed by atoms with E-state index in [1.807, 2.05) is 6.08 Å². The summed E-state index contributed by atoms with van der Waals surface area (Å²) in [5, 5.41) is 9.05. The normalized spacial score (nSPS) is 25.8. The van der Waals surface area contributed by atoms with Crippen LogP contribution < -0.4 is 0 Å². The first-order chi connectivity index (χ1) is 4.70. The lowest BCUT2D eigenvalue weighted by atomic mass is 9.95. The maximum atomic E-state index is 10.8. The molecule has 0 aromatic heterocycles. The Hall–Kier alpha value is -0.630. The number of aliphatic hydroxyl groups excluding tert-OH is 1. The van der Waals surface area contributed by atoms with Gasteiger partial charge in [0, 0.05) is 0 Å². The van der Waals surface area contributed by atoms with Gasteiger partial charge in [-0.2, -0.15) is 0 Å². The first kappa shape index (κ1) is 7.48. The summed E-state index contributed by atoms with van der Waals surface area (Å²) < 4.78 is 0. The van der Waals surface area contributed by atoms with Gasteiger partial charge in [0.25, 0.3) is 0 Å². The number of rotatable bonds is 1. The van der Waals surface area contributed by atoms with Crippen LogP contribution in [0.5, 0.6) is 0 Å². The average molecular weight is 140 g/mol. The molecular formula is C8H12O2. The van der Waals surface area contributed by atoms with Gasteiger partial charge in [-0.25, -0.2) is 0 Å². The van der Waals surface area contributed by atoms with Crippen molar-refractivity contribution in [2.24, 2.45) is 0 Å². The average Bonchev–Trinajstić information content (AvgIpc) is 1.88. The molecule has 1 aliphatic rings. The van der Waals surface area contributed by atoms with E-state index in [1.54, 1.807) is 6.92 Å². The van der Waals surface area contributed by atoms with E-state index >= 15 is 0 Å². The molecule has 0 aliphatic heterocycles. The van der Waals surface area contributed by atoms with Gasteiger partial charge in [0.05, 0.1) is 6.10 Å². The minimum atomic E-state index is -0.219. The van der Waals surface area contributed by atoms with Crippen molar-refractivity contribution in [1.29, 1.82) is 0 Å². The Morgan fingerprint density at radius 1 is 1.80 bits per heavy atom. The van der Waals surface area contributed by atoms with Crippen molar-refractivity contribution >= 4 is 5.78 Å². The van der Waals surface area contributed by atoms with E-state index in [0.29, 0.717) is 6.42 Å². The molecule has 56 valence electrons. The minimum Gasteiger partial charge on any atom is -0.393 e. The molecule has 0 aromatic carbocycles. The maximum Gasteiger partial charge on any atom is 0.155 e. The van der Waals surface area contributed by atoms with Gasteiger partial charge in [-0.1, -0.05) is 6.08 Å². The van der Waals surface area contributed by atoms with Crippen LogP contribution in [0, 0.1) is 0 Å². The molecule has 0 radical (unpaired) electrons. The first-order valence-electron chi connectivity index (χ1n) is 3.58. The zero-order valence-electron chi connectivity index (χ0n) is 6.13. The minimum absolute atomic E-state index is 0.145. The Labute approximate surface area is 60.6 Å². The highest BCUT2D eigenvalue weighted by atomic mass is 16.3. The monoisotopic (exact) mass is 140 g/mol. The zero-order valence-corrected chi connectivity index (χ0v) is 6.13. The van der Waals surface area contributed by atoms with E-state index in [-0.39, 0.29) is 11.9 Å². The van der Waals surface area contributed by atoms with Crippen molar-refractivity contribution in [1.82, 2.24) is 0 Å². The summed E-state index contributed by atoms with van der Waals surface area (Å²) in [6, 6.07) is 0. The van der Waals surface area contributed by atoms with Crippen molar-refractivity contribution < 1.29 is 9.90 Å². The van der Waals surface area contributed by atoms with Crippen molar-refractivity contribution in [3.8, 4) is 0 Å².